The van der Waals surface area contributed by atoms with Crippen LogP contribution in [0, 0.1) is 0 Å². The molecule has 1 aromatic carbocycles. The van der Waals surface area contributed by atoms with E-state index in [0.29, 0.717) is 30.3 Å². The highest BCUT2D eigenvalue weighted by molar-refractivity contribution is 5.82. The number of nitrogens with one attached hydrogen (secondary N) is 1. The molecule has 0 bridgehead atoms. The molecule has 7 heteroatoms. The third-order valence-electron chi connectivity index (χ3n) is 4.14. The van der Waals surface area contributed by atoms with Gasteiger partial charge in [-0.05, 0) is 31.0 Å². The number of likely N-dealkylation sites (N-methyl/N-ethyl adjacent to an activating group) is 2. The first-order chi connectivity index (χ1) is 12.6. The number of anilines is 3. The monoisotopic (exact) mass is 357 g/mol. The molecule has 0 saturated carbocycles. The lowest BCUT2D eigenvalue weighted by atomic mass is 10.1. The molecular formula is C19H27N5O2. The topological polar surface area (TPSA) is 81.6 Å². The molecule has 0 aliphatic rings. The molecule has 140 valence electrons. The number of aldehydes is 1. The molecule has 0 atom stereocenters. The van der Waals surface area contributed by atoms with E-state index >= 15 is 0 Å². The summed E-state index contributed by atoms with van der Waals surface area (Å²) >= 11 is 0. The summed E-state index contributed by atoms with van der Waals surface area (Å²) in [6.45, 7) is 4.30. The highest BCUT2D eigenvalue weighted by atomic mass is 16.2. The predicted molar refractivity (Wildman–Crippen MR) is 105 cm³/mol. The molecule has 2 rings (SSSR count). The molecule has 26 heavy (non-hydrogen) atoms. The number of aromatic nitrogens is 2. The minimum atomic E-state index is 0.145. The molecular weight excluding hydrogens is 330 g/mol. The largest absolute Gasteiger partial charge is 0.396 e. The Kier molecular flexibility index (Phi) is 7.35. The zero-order valence-electron chi connectivity index (χ0n) is 15.6. The summed E-state index contributed by atoms with van der Waals surface area (Å²) in [5.74, 6) is 1.14. The Balaban J connectivity index is 2.05. The van der Waals surface area contributed by atoms with Crippen LogP contribution in [0.1, 0.15) is 22.8 Å². The summed E-state index contributed by atoms with van der Waals surface area (Å²) in [7, 11) is 3.94. The lowest BCUT2D eigenvalue weighted by Gasteiger charge is -2.25. The van der Waals surface area contributed by atoms with Crippen molar-refractivity contribution in [3.8, 4) is 0 Å². The molecule has 0 aliphatic carbocycles. The van der Waals surface area contributed by atoms with Gasteiger partial charge >= 0.3 is 0 Å². The number of hydrogen-bond acceptors (Lipinski definition) is 7. The number of carbonyl (C=O) groups is 1. The second kappa shape index (κ2) is 9.72. The van der Waals surface area contributed by atoms with Crippen LogP contribution >= 0.6 is 0 Å². The molecule has 0 aliphatic heterocycles. The summed E-state index contributed by atoms with van der Waals surface area (Å²) < 4.78 is 0. The first-order valence-corrected chi connectivity index (χ1v) is 8.77. The SMILES string of the molecule is CCNc1ncc(C=O)c(N(C)CCN(C)c2cccc(CCO)c2)n1. The van der Waals surface area contributed by atoms with Crippen LogP contribution in [0.5, 0.6) is 0 Å². The number of nitrogens with zero attached hydrogens (tertiary/aromatic N) is 4. The average Bonchev–Trinajstić information content (AvgIpc) is 2.66. The number of hydrogen-bond donors (Lipinski definition) is 2. The number of rotatable bonds is 10. The quantitative estimate of drug-likeness (QED) is 0.628. The minimum absolute atomic E-state index is 0.145. The zero-order chi connectivity index (χ0) is 18.9. The van der Waals surface area contributed by atoms with Gasteiger partial charge in [0.25, 0.3) is 0 Å². The van der Waals surface area contributed by atoms with Gasteiger partial charge in [0.05, 0.1) is 5.56 Å². The Morgan fingerprint density at radius 1 is 1.23 bits per heavy atom. The van der Waals surface area contributed by atoms with Gasteiger partial charge in [-0.3, -0.25) is 4.79 Å². The fourth-order valence-corrected chi connectivity index (χ4v) is 2.63. The number of carbonyl (C=O) groups excluding carboxylic acids is 1. The summed E-state index contributed by atoms with van der Waals surface area (Å²) in [5, 5.41) is 12.2. The first-order valence-electron chi connectivity index (χ1n) is 8.77. The van der Waals surface area contributed by atoms with E-state index < -0.39 is 0 Å². The van der Waals surface area contributed by atoms with Crippen LogP contribution in [0.2, 0.25) is 0 Å². The van der Waals surface area contributed by atoms with E-state index in [4.69, 9.17) is 5.11 Å². The van der Waals surface area contributed by atoms with E-state index in [9.17, 15) is 4.79 Å². The Hall–Kier alpha value is -2.67. The van der Waals surface area contributed by atoms with Gasteiger partial charge in [0.15, 0.2) is 6.29 Å². The Morgan fingerprint density at radius 3 is 2.69 bits per heavy atom. The minimum Gasteiger partial charge on any atom is -0.396 e. The molecule has 2 aromatic rings. The molecule has 7 nitrogen and oxygen atoms in total. The maximum Gasteiger partial charge on any atom is 0.224 e. The van der Waals surface area contributed by atoms with E-state index in [1.165, 1.54) is 0 Å². The first kappa shape index (κ1) is 19.7. The van der Waals surface area contributed by atoms with E-state index in [1.807, 2.05) is 44.1 Å². The van der Waals surface area contributed by atoms with E-state index in [2.05, 4.69) is 26.3 Å². The molecule has 0 spiro atoms. The molecule has 2 N–H and O–H groups in total. The molecule has 0 fully saturated rings. The normalized spacial score (nSPS) is 10.5. The molecule has 1 heterocycles. The van der Waals surface area contributed by atoms with Crippen molar-refractivity contribution in [3.63, 3.8) is 0 Å². The highest BCUT2D eigenvalue weighted by Gasteiger charge is 2.12. The lowest BCUT2D eigenvalue weighted by Crippen LogP contribution is -2.32. The van der Waals surface area contributed by atoms with Gasteiger partial charge < -0.3 is 20.2 Å². The van der Waals surface area contributed by atoms with E-state index in [1.54, 1.807) is 6.20 Å². The van der Waals surface area contributed by atoms with Crippen molar-refractivity contribution >= 4 is 23.7 Å². The van der Waals surface area contributed by atoms with Crippen LogP contribution in [-0.2, 0) is 6.42 Å². The van der Waals surface area contributed by atoms with Crippen LogP contribution in [0.15, 0.2) is 30.5 Å². The standard InChI is InChI=1S/C19H27N5O2/c1-4-20-19-21-13-16(14-26)18(22-19)24(3)10-9-23(2)17-7-5-6-15(12-17)8-11-25/h5-7,12-14,25H,4,8-11H2,1-3H3,(H,20,21,22). The smallest absolute Gasteiger partial charge is 0.224 e. The van der Waals surface area contributed by atoms with Crippen LogP contribution < -0.4 is 15.1 Å². The third kappa shape index (κ3) is 5.16. The maximum absolute atomic E-state index is 11.3. The van der Waals surface area contributed by atoms with Crippen LogP contribution in [0.25, 0.3) is 0 Å². The maximum atomic E-state index is 11.3. The second-order valence-corrected chi connectivity index (χ2v) is 6.11. The summed E-state index contributed by atoms with van der Waals surface area (Å²) in [6.07, 6.45) is 2.98. The van der Waals surface area contributed by atoms with E-state index in [-0.39, 0.29) is 6.61 Å². The van der Waals surface area contributed by atoms with Gasteiger partial charge in [0, 0.05) is 52.2 Å². The number of aliphatic hydroxyl groups is 1. The van der Waals surface area contributed by atoms with Gasteiger partial charge in [-0.2, -0.15) is 4.98 Å². The van der Waals surface area contributed by atoms with Gasteiger partial charge in [-0.25, -0.2) is 4.98 Å². The predicted octanol–water partition coefficient (Wildman–Crippen LogP) is 1.83. The molecule has 0 saturated heterocycles. The summed E-state index contributed by atoms with van der Waals surface area (Å²) in [4.78, 5) is 24.0. The van der Waals surface area contributed by atoms with Crippen LogP contribution in [0.3, 0.4) is 0 Å². The zero-order valence-corrected chi connectivity index (χ0v) is 15.6. The van der Waals surface area contributed by atoms with E-state index in [0.717, 1.165) is 30.6 Å². The number of aliphatic hydroxyl groups excluding tert-OH is 1. The van der Waals surface area contributed by atoms with Gasteiger partial charge in [0.2, 0.25) is 5.95 Å². The van der Waals surface area contributed by atoms with Crippen molar-refractivity contribution in [2.45, 2.75) is 13.3 Å². The van der Waals surface area contributed by atoms with Gasteiger partial charge in [0.1, 0.15) is 5.82 Å². The molecule has 0 amide bonds. The Labute approximate surface area is 154 Å². The average molecular weight is 357 g/mol. The van der Waals surface area contributed by atoms with Crippen LogP contribution in [0.4, 0.5) is 17.5 Å². The van der Waals surface area contributed by atoms with Gasteiger partial charge in [-0.1, -0.05) is 12.1 Å². The van der Waals surface area contributed by atoms with Crippen molar-refractivity contribution in [1.82, 2.24) is 9.97 Å². The van der Waals surface area contributed by atoms with Crippen molar-refractivity contribution in [3.05, 3.63) is 41.6 Å². The Bertz CT molecular complexity index is 723. The number of benzene rings is 1. The molecule has 0 radical (unpaired) electrons. The van der Waals surface area contributed by atoms with Gasteiger partial charge in [-0.15, -0.1) is 0 Å². The lowest BCUT2D eigenvalue weighted by molar-refractivity contribution is 0.112. The van der Waals surface area contributed by atoms with Crippen LogP contribution in [-0.4, -0.2) is 61.7 Å². The highest BCUT2D eigenvalue weighted by Crippen LogP contribution is 2.18. The molecule has 1 aromatic heterocycles. The fraction of sp³-hybridized carbons (Fsp3) is 0.421. The second-order valence-electron chi connectivity index (χ2n) is 6.11. The molecule has 0 unspecified atom stereocenters. The van der Waals surface area contributed by atoms with Crippen molar-refractivity contribution in [1.29, 1.82) is 0 Å². The van der Waals surface area contributed by atoms with Crippen molar-refractivity contribution in [2.24, 2.45) is 0 Å². The summed E-state index contributed by atoms with van der Waals surface area (Å²) in [6, 6.07) is 8.14. The van der Waals surface area contributed by atoms with Crippen molar-refractivity contribution < 1.29 is 9.90 Å². The van der Waals surface area contributed by atoms with Crippen molar-refractivity contribution in [2.75, 3.05) is 55.5 Å². The summed E-state index contributed by atoms with van der Waals surface area (Å²) in [5.41, 5.74) is 2.68. The third-order valence-corrected chi connectivity index (χ3v) is 4.14. The fourth-order valence-electron chi connectivity index (χ4n) is 2.63. The Morgan fingerprint density at radius 2 is 2.00 bits per heavy atom.